The maximum absolute atomic E-state index is 11.3. The Bertz CT molecular complexity index is 1100. The number of benzene rings is 1. The summed E-state index contributed by atoms with van der Waals surface area (Å²) in [6.07, 6.45) is 4.54. The van der Waals surface area contributed by atoms with Gasteiger partial charge in [0.25, 0.3) is 0 Å². The van der Waals surface area contributed by atoms with E-state index in [4.69, 9.17) is 14.5 Å². The van der Waals surface area contributed by atoms with Gasteiger partial charge in [0.2, 0.25) is 0 Å². The van der Waals surface area contributed by atoms with Gasteiger partial charge in [0.1, 0.15) is 11.4 Å². The molecular weight excluding hydrogens is 432 g/mol. The van der Waals surface area contributed by atoms with Crippen molar-refractivity contribution in [3.05, 3.63) is 59.4 Å². The lowest BCUT2D eigenvalue weighted by molar-refractivity contribution is -0.143. The molecule has 8 heteroatoms. The maximum Gasteiger partial charge on any atom is 0.306 e. The van der Waals surface area contributed by atoms with Gasteiger partial charge < -0.3 is 14.6 Å². The number of carbonyl (C=O) groups is 1. The topological polar surface area (TPSA) is 99.4 Å². The fourth-order valence-electron chi connectivity index (χ4n) is 4.42. The number of hydrogen-bond donors (Lipinski definition) is 1. The molecule has 0 amide bonds. The molecule has 4 rings (SSSR count). The Labute approximate surface area is 199 Å². The van der Waals surface area contributed by atoms with Crippen molar-refractivity contribution in [2.45, 2.75) is 58.2 Å². The van der Waals surface area contributed by atoms with Crippen LogP contribution in [-0.4, -0.2) is 43.8 Å². The van der Waals surface area contributed by atoms with Crippen molar-refractivity contribution < 1.29 is 19.4 Å². The van der Waals surface area contributed by atoms with Gasteiger partial charge in [0, 0.05) is 13.7 Å². The van der Waals surface area contributed by atoms with Gasteiger partial charge in [0.05, 0.1) is 35.7 Å². The van der Waals surface area contributed by atoms with Gasteiger partial charge in [-0.05, 0) is 63.1 Å². The molecule has 0 spiro atoms. The van der Waals surface area contributed by atoms with Crippen molar-refractivity contribution in [3.63, 3.8) is 0 Å². The van der Waals surface area contributed by atoms with Crippen LogP contribution in [0.25, 0.3) is 11.4 Å². The van der Waals surface area contributed by atoms with Gasteiger partial charge in [-0.2, -0.15) is 0 Å². The first-order chi connectivity index (χ1) is 16.5. The summed E-state index contributed by atoms with van der Waals surface area (Å²) in [6, 6.07) is 14.0. The molecule has 0 radical (unpaired) electrons. The fraction of sp³-hybridized carbons (Fsp3) is 0.462. The monoisotopic (exact) mass is 464 g/mol. The number of aromatic nitrogens is 4. The molecule has 180 valence electrons. The molecule has 3 aromatic rings. The number of carboxylic acids is 1. The highest BCUT2D eigenvalue weighted by Crippen LogP contribution is 2.30. The van der Waals surface area contributed by atoms with Crippen LogP contribution in [0.5, 0.6) is 5.75 Å². The van der Waals surface area contributed by atoms with Crippen LogP contribution in [0.4, 0.5) is 0 Å². The fourth-order valence-corrected chi connectivity index (χ4v) is 4.42. The maximum atomic E-state index is 11.3. The summed E-state index contributed by atoms with van der Waals surface area (Å²) in [4.78, 5) is 16.1. The molecule has 2 atom stereocenters. The second-order valence-electron chi connectivity index (χ2n) is 8.87. The molecule has 1 fully saturated rings. The Morgan fingerprint density at radius 1 is 1.18 bits per heavy atom. The number of carboxylic acid groups (broad SMARTS) is 1. The van der Waals surface area contributed by atoms with Crippen molar-refractivity contribution in [2.75, 3.05) is 6.61 Å². The standard InChI is InChI=1S/C26H32N4O4/c1-18-24(34-21-11-6-10-20(16-21)26(31)32)14-13-22(27-18)25-23(30(2)29-28-25)12-7-15-33-17-19-8-4-3-5-9-19/h3-5,8-9,13-14,20-21H,6-7,10-12,15-17H2,1-2H3,(H,31,32)/t20-,21-/m0/s1. The zero-order valence-electron chi connectivity index (χ0n) is 19.8. The lowest BCUT2D eigenvalue weighted by atomic mass is 9.87. The minimum absolute atomic E-state index is 0.0934. The average molecular weight is 465 g/mol. The van der Waals surface area contributed by atoms with Crippen molar-refractivity contribution >= 4 is 5.97 Å². The zero-order chi connectivity index (χ0) is 23.9. The van der Waals surface area contributed by atoms with Gasteiger partial charge >= 0.3 is 5.97 Å². The van der Waals surface area contributed by atoms with E-state index in [2.05, 4.69) is 22.4 Å². The minimum Gasteiger partial charge on any atom is -0.489 e. The first-order valence-electron chi connectivity index (χ1n) is 11.9. The molecule has 34 heavy (non-hydrogen) atoms. The van der Waals surface area contributed by atoms with E-state index in [9.17, 15) is 9.90 Å². The summed E-state index contributed by atoms with van der Waals surface area (Å²) in [5, 5.41) is 17.9. The van der Waals surface area contributed by atoms with Crippen molar-refractivity contribution in [2.24, 2.45) is 13.0 Å². The lowest BCUT2D eigenvalue weighted by Gasteiger charge is -2.27. The summed E-state index contributed by atoms with van der Waals surface area (Å²) in [6.45, 7) is 3.16. The van der Waals surface area contributed by atoms with Crippen molar-refractivity contribution in [1.29, 1.82) is 0 Å². The highest BCUT2D eigenvalue weighted by atomic mass is 16.5. The van der Waals surface area contributed by atoms with E-state index in [1.54, 1.807) is 4.68 Å². The smallest absolute Gasteiger partial charge is 0.306 e. The van der Waals surface area contributed by atoms with Crippen LogP contribution < -0.4 is 4.74 Å². The second kappa shape index (κ2) is 11.2. The number of nitrogens with zero attached hydrogens (tertiary/aromatic N) is 4. The van der Waals surface area contributed by atoms with Crippen LogP contribution in [0.3, 0.4) is 0 Å². The van der Waals surface area contributed by atoms with Crippen LogP contribution in [0.15, 0.2) is 42.5 Å². The molecule has 1 aromatic carbocycles. The zero-order valence-corrected chi connectivity index (χ0v) is 19.8. The summed E-state index contributed by atoms with van der Waals surface area (Å²) < 4.78 is 13.7. The second-order valence-corrected chi connectivity index (χ2v) is 8.87. The molecule has 2 heterocycles. The van der Waals surface area contributed by atoms with Crippen LogP contribution in [0.1, 0.15) is 49.1 Å². The number of aryl methyl sites for hydroxylation is 2. The molecule has 1 aliphatic rings. The molecule has 1 saturated carbocycles. The molecule has 1 N–H and O–H groups in total. The molecule has 0 aliphatic heterocycles. The predicted molar refractivity (Wildman–Crippen MR) is 127 cm³/mol. The van der Waals surface area contributed by atoms with E-state index >= 15 is 0 Å². The molecule has 8 nitrogen and oxygen atoms in total. The van der Waals surface area contributed by atoms with E-state index < -0.39 is 5.97 Å². The van der Waals surface area contributed by atoms with E-state index in [1.165, 1.54) is 5.56 Å². The quantitative estimate of drug-likeness (QED) is 0.445. The van der Waals surface area contributed by atoms with Gasteiger partial charge in [0.15, 0.2) is 0 Å². The molecule has 2 aromatic heterocycles. The number of hydrogen-bond acceptors (Lipinski definition) is 6. The molecule has 0 saturated heterocycles. The Morgan fingerprint density at radius 2 is 2.00 bits per heavy atom. The predicted octanol–water partition coefficient (Wildman–Crippen LogP) is 4.36. The van der Waals surface area contributed by atoms with E-state index in [0.717, 1.165) is 54.9 Å². The Kier molecular flexibility index (Phi) is 7.90. The number of pyridine rings is 1. The Balaban J connectivity index is 1.36. The minimum atomic E-state index is -0.737. The molecule has 1 aliphatic carbocycles. The normalized spacial score (nSPS) is 18.1. The number of aliphatic carboxylic acids is 1. The van der Waals surface area contributed by atoms with Crippen molar-refractivity contribution in [1.82, 2.24) is 20.0 Å². The first-order valence-corrected chi connectivity index (χ1v) is 11.9. The molecule has 0 unspecified atom stereocenters. The third kappa shape index (κ3) is 5.99. The molecule has 0 bridgehead atoms. The molecular formula is C26H32N4O4. The third-order valence-corrected chi connectivity index (χ3v) is 6.31. The van der Waals surface area contributed by atoms with Gasteiger partial charge in [-0.15, -0.1) is 5.10 Å². The largest absolute Gasteiger partial charge is 0.489 e. The Morgan fingerprint density at radius 3 is 2.76 bits per heavy atom. The van der Waals surface area contributed by atoms with Crippen LogP contribution in [0, 0.1) is 12.8 Å². The van der Waals surface area contributed by atoms with E-state index in [-0.39, 0.29) is 12.0 Å². The lowest BCUT2D eigenvalue weighted by Crippen LogP contribution is -2.29. The van der Waals surface area contributed by atoms with Crippen LogP contribution in [0.2, 0.25) is 0 Å². The first kappa shape index (κ1) is 23.9. The SMILES string of the molecule is Cc1nc(-c2nnn(C)c2CCCOCc2ccccc2)ccc1O[C@H]1CCC[C@H](C(=O)O)C1. The summed E-state index contributed by atoms with van der Waals surface area (Å²) >= 11 is 0. The van der Waals surface area contributed by atoms with Gasteiger partial charge in [-0.25, -0.2) is 4.98 Å². The van der Waals surface area contributed by atoms with Crippen LogP contribution in [-0.2, 0) is 29.6 Å². The average Bonchev–Trinajstić information content (AvgIpc) is 3.21. The van der Waals surface area contributed by atoms with Crippen molar-refractivity contribution in [3.8, 4) is 17.1 Å². The highest BCUT2D eigenvalue weighted by Gasteiger charge is 2.28. The van der Waals surface area contributed by atoms with E-state index in [1.807, 2.05) is 44.3 Å². The third-order valence-electron chi connectivity index (χ3n) is 6.31. The highest BCUT2D eigenvalue weighted by molar-refractivity contribution is 5.70. The summed E-state index contributed by atoms with van der Waals surface area (Å²) in [5.41, 5.74) is 4.46. The Hall–Kier alpha value is -3.26. The number of rotatable bonds is 10. The number of ether oxygens (including phenoxy) is 2. The summed E-state index contributed by atoms with van der Waals surface area (Å²) in [5.74, 6) is -0.371. The van der Waals surface area contributed by atoms with Gasteiger partial charge in [-0.3, -0.25) is 9.48 Å². The van der Waals surface area contributed by atoms with Crippen LogP contribution >= 0.6 is 0 Å². The van der Waals surface area contributed by atoms with E-state index in [0.29, 0.717) is 25.4 Å². The summed E-state index contributed by atoms with van der Waals surface area (Å²) in [7, 11) is 1.89. The van der Waals surface area contributed by atoms with Gasteiger partial charge in [-0.1, -0.05) is 35.5 Å².